The van der Waals surface area contributed by atoms with E-state index in [4.69, 9.17) is 0 Å². The van der Waals surface area contributed by atoms with Gasteiger partial charge in [-0.05, 0) is 40.1 Å². The Morgan fingerprint density at radius 2 is 1.21 bits per heavy atom. The van der Waals surface area contributed by atoms with Crippen LogP contribution in [0.3, 0.4) is 0 Å². The largest absolute Gasteiger partial charge is 0.424 e. The summed E-state index contributed by atoms with van der Waals surface area (Å²) in [6.45, 7) is 12.9. The molecular weight excluding hydrogens is 360 g/mol. The normalized spacial score (nSPS) is 13.4. The van der Waals surface area contributed by atoms with Crippen LogP contribution in [0.5, 0.6) is 0 Å². The van der Waals surface area contributed by atoms with Crippen molar-refractivity contribution in [3.63, 3.8) is 0 Å². The smallest absolute Gasteiger partial charge is 0.258 e. The van der Waals surface area contributed by atoms with Crippen LogP contribution in [-0.4, -0.2) is 19.4 Å². The number of carbonyl (C=O) groups excluding carboxylic acids is 1. The molecule has 0 spiro atoms. The Balaban J connectivity index is 2.36. The van der Waals surface area contributed by atoms with Gasteiger partial charge < -0.3 is 9.59 Å². The Bertz CT molecular complexity index is 724. The maximum absolute atomic E-state index is 12.2. The molecule has 0 saturated carbocycles. The van der Waals surface area contributed by atoms with Gasteiger partial charge in [-0.1, -0.05) is 102 Å². The molecule has 0 aliphatic rings. The summed E-state index contributed by atoms with van der Waals surface area (Å²) in [5.74, 6) is 0. The van der Waals surface area contributed by atoms with Crippen molar-refractivity contribution in [2.45, 2.75) is 65.8 Å². The first-order valence-corrected chi connectivity index (χ1v) is 12.2. The topological polar surface area (TPSA) is 37.3 Å². The van der Waals surface area contributed by atoms with Gasteiger partial charge in [0, 0.05) is 5.41 Å². The average molecular weight is 397 g/mol. The number of hydrogen-bond donors (Lipinski definition) is 1. The zero-order valence-electron chi connectivity index (χ0n) is 18.3. The molecule has 28 heavy (non-hydrogen) atoms. The van der Waals surface area contributed by atoms with E-state index < -0.39 is 8.32 Å². The van der Waals surface area contributed by atoms with E-state index in [1.54, 1.807) is 0 Å². The summed E-state index contributed by atoms with van der Waals surface area (Å²) in [4.78, 5) is 23.6. The van der Waals surface area contributed by atoms with Crippen molar-refractivity contribution < 1.29 is 9.59 Å². The minimum absolute atomic E-state index is 0.0321. The van der Waals surface area contributed by atoms with Crippen molar-refractivity contribution in [3.05, 3.63) is 60.7 Å². The Labute approximate surface area is 172 Å². The highest BCUT2D eigenvalue weighted by Crippen LogP contribution is 2.45. The Morgan fingerprint density at radius 3 is 1.61 bits per heavy atom. The number of benzene rings is 2. The fourth-order valence-corrected chi connectivity index (χ4v) is 8.23. The van der Waals surface area contributed by atoms with Crippen LogP contribution >= 0.6 is 0 Å². The van der Waals surface area contributed by atoms with Crippen LogP contribution < -0.4 is 10.4 Å². The molecule has 0 amide bonds. The van der Waals surface area contributed by atoms with Gasteiger partial charge in [-0.2, -0.15) is 0 Å². The summed E-state index contributed by atoms with van der Waals surface area (Å²) in [6.07, 6.45) is 3.78. The van der Waals surface area contributed by atoms with E-state index >= 15 is 0 Å². The predicted molar refractivity (Wildman–Crippen MR) is 122 cm³/mol. The maximum atomic E-state index is 12.2. The van der Waals surface area contributed by atoms with E-state index in [2.05, 4.69) is 52.0 Å². The second-order valence-corrected chi connectivity index (χ2v) is 14.2. The molecule has 0 aliphatic heterocycles. The molecule has 0 aliphatic carbocycles. The van der Waals surface area contributed by atoms with Crippen molar-refractivity contribution in [3.8, 4) is 0 Å². The number of aldehydes is 1. The first-order chi connectivity index (χ1) is 12.9. The first kappa shape index (κ1) is 22.6. The van der Waals surface area contributed by atoms with Crippen LogP contribution in [0.15, 0.2) is 60.7 Å². The van der Waals surface area contributed by atoms with Crippen LogP contribution in [0.2, 0.25) is 5.04 Å². The molecule has 2 nitrogen and oxygen atoms in total. The molecule has 0 fully saturated rings. The van der Waals surface area contributed by atoms with Gasteiger partial charge in [0.2, 0.25) is 0 Å². The third-order valence-electron chi connectivity index (χ3n) is 6.04. The molecule has 0 bridgehead atoms. The maximum Gasteiger partial charge on any atom is 0.258 e. The summed E-state index contributed by atoms with van der Waals surface area (Å²) in [6, 6.07) is 20.4. The Hall–Kier alpha value is -1.71. The van der Waals surface area contributed by atoms with Gasteiger partial charge in [-0.3, -0.25) is 0 Å². The van der Waals surface area contributed by atoms with E-state index in [0.717, 1.165) is 35.9 Å². The van der Waals surface area contributed by atoms with E-state index in [9.17, 15) is 9.59 Å². The van der Waals surface area contributed by atoms with Crippen LogP contribution in [0.25, 0.3) is 0 Å². The van der Waals surface area contributed by atoms with Crippen molar-refractivity contribution >= 4 is 25.0 Å². The van der Waals surface area contributed by atoms with Crippen LogP contribution in [0, 0.1) is 10.8 Å². The summed E-state index contributed by atoms with van der Waals surface area (Å²) >= 11 is 0. The summed E-state index contributed by atoms with van der Waals surface area (Å²) in [5.41, 5.74) is -0.287. The van der Waals surface area contributed by atoms with Gasteiger partial charge in [0.05, 0.1) is 0 Å². The van der Waals surface area contributed by atoms with Gasteiger partial charge in [-0.15, -0.1) is 0 Å². The van der Waals surface area contributed by atoms with Gasteiger partial charge >= 0.3 is 0 Å². The zero-order chi connectivity index (χ0) is 21.1. The lowest BCUT2D eigenvalue weighted by molar-refractivity contribution is -0.116. The quantitative estimate of drug-likeness (QED) is 0.481. The van der Waals surface area contributed by atoms with Gasteiger partial charge in [0.25, 0.3) is 8.32 Å². The van der Waals surface area contributed by atoms with Crippen LogP contribution in [-0.2, 0) is 4.79 Å². The molecule has 152 valence electrons. The highest BCUT2D eigenvalue weighted by molar-refractivity contribution is 6.98. The molecule has 0 radical (unpaired) electrons. The number of hydrogen-bond acceptors (Lipinski definition) is 2. The molecule has 0 atom stereocenters. The SMILES string of the molecule is CC(C)(C=O)CC(C)(C)CCC(C)(C)[Si](O)(c1ccccc1)c1ccccc1. The molecule has 0 aromatic heterocycles. The molecule has 0 unspecified atom stereocenters. The molecule has 0 heterocycles. The predicted octanol–water partition coefficient (Wildman–Crippen LogP) is 4.94. The average Bonchev–Trinajstić information content (AvgIpc) is 2.66. The lowest BCUT2D eigenvalue weighted by atomic mass is 9.73. The second kappa shape index (κ2) is 8.34. The van der Waals surface area contributed by atoms with E-state index in [1.165, 1.54) is 0 Å². The summed E-state index contributed by atoms with van der Waals surface area (Å²) in [7, 11) is -2.97. The highest BCUT2D eigenvalue weighted by Gasteiger charge is 2.50. The Morgan fingerprint density at radius 1 is 0.786 bits per heavy atom. The van der Waals surface area contributed by atoms with Gasteiger partial charge in [0.15, 0.2) is 0 Å². The monoisotopic (exact) mass is 396 g/mol. The third kappa shape index (κ3) is 5.01. The standard InChI is InChI=1S/C25H36O2Si/c1-23(2,19-24(3,4)20-26)17-18-25(5,6)28(27,21-13-9-7-10-14-21)22-15-11-8-12-16-22/h7-16,20,27H,17-19H2,1-6H3. The van der Waals surface area contributed by atoms with E-state index in [0.29, 0.717) is 0 Å². The minimum atomic E-state index is -2.97. The molecule has 1 N–H and O–H groups in total. The summed E-state index contributed by atoms with van der Waals surface area (Å²) in [5, 5.41) is 1.85. The highest BCUT2D eigenvalue weighted by atomic mass is 28.4. The second-order valence-electron chi connectivity index (χ2n) is 10.3. The summed E-state index contributed by atoms with van der Waals surface area (Å²) < 4.78 is 0. The number of carbonyl (C=O) groups is 1. The fraction of sp³-hybridized carbons (Fsp3) is 0.480. The third-order valence-corrected chi connectivity index (χ3v) is 10.6. The first-order valence-electron chi connectivity index (χ1n) is 10.2. The lowest BCUT2D eigenvalue weighted by Crippen LogP contribution is -2.65. The van der Waals surface area contributed by atoms with Crippen LogP contribution in [0.1, 0.15) is 60.8 Å². The van der Waals surface area contributed by atoms with Crippen molar-refractivity contribution in [2.24, 2.45) is 10.8 Å². The molecule has 2 rings (SSSR count). The molecule has 0 saturated heterocycles. The Kier molecular flexibility index (Phi) is 6.72. The van der Waals surface area contributed by atoms with Crippen molar-refractivity contribution in [2.75, 3.05) is 0 Å². The number of rotatable bonds is 9. The van der Waals surface area contributed by atoms with Gasteiger partial charge in [0.1, 0.15) is 6.29 Å². The minimum Gasteiger partial charge on any atom is -0.424 e. The molecule has 3 heteroatoms. The van der Waals surface area contributed by atoms with E-state index in [1.807, 2.05) is 50.2 Å². The van der Waals surface area contributed by atoms with Crippen LogP contribution in [0.4, 0.5) is 0 Å². The molecule has 2 aromatic rings. The molecular formula is C25H36O2Si. The van der Waals surface area contributed by atoms with E-state index in [-0.39, 0.29) is 15.9 Å². The van der Waals surface area contributed by atoms with Crippen molar-refractivity contribution in [1.29, 1.82) is 0 Å². The van der Waals surface area contributed by atoms with Crippen molar-refractivity contribution in [1.82, 2.24) is 0 Å². The van der Waals surface area contributed by atoms with Gasteiger partial charge in [-0.25, -0.2) is 0 Å². The zero-order valence-corrected chi connectivity index (χ0v) is 19.3. The lowest BCUT2D eigenvalue weighted by Gasteiger charge is -2.43. The fourth-order valence-electron chi connectivity index (χ4n) is 4.50. The molecule has 2 aromatic carbocycles.